The summed E-state index contributed by atoms with van der Waals surface area (Å²) in [6.45, 7) is 0. The predicted octanol–water partition coefficient (Wildman–Crippen LogP) is 2.74. The number of aliphatic carboxylic acids is 1. The average Bonchev–Trinajstić information content (AvgIpc) is 2.85. The summed E-state index contributed by atoms with van der Waals surface area (Å²) in [4.78, 5) is 27.7. The van der Waals surface area contributed by atoms with Gasteiger partial charge in [0.25, 0.3) is 5.91 Å². The van der Waals surface area contributed by atoms with Crippen LogP contribution in [0.1, 0.15) is 16.1 Å². The van der Waals surface area contributed by atoms with Gasteiger partial charge in [-0.05, 0) is 18.4 Å². The fourth-order valence-corrected chi connectivity index (χ4v) is 2.90. The van der Waals surface area contributed by atoms with Gasteiger partial charge in [-0.15, -0.1) is 23.1 Å². The zero-order valence-corrected chi connectivity index (χ0v) is 12.3. The maximum absolute atomic E-state index is 12.2. The Morgan fingerprint density at radius 1 is 1.40 bits per heavy atom. The van der Waals surface area contributed by atoms with Crippen molar-refractivity contribution >= 4 is 40.1 Å². The summed E-state index contributed by atoms with van der Waals surface area (Å²) in [6, 6.07) is 7.29. The maximum Gasteiger partial charge on any atom is 0.309 e. The molecule has 7 heteroatoms. The number of nitrogens with zero attached hydrogens (tertiary/aromatic N) is 1. The topological polar surface area (TPSA) is 79.3 Å². The second kappa shape index (κ2) is 6.53. The van der Waals surface area contributed by atoms with Gasteiger partial charge >= 0.3 is 5.97 Å². The lowest BCUT2D eigenvalue weighted by Gasteiger charge is -2.06. The molecule has 0 aliphatic rings. The molecule has 0 fully saturated rings. The van der Waals surface area contributed by atoms with Crippen LogP contribution in [0.4, 0.5) is 5.13 Å². The van der Waals surface area contributed by atoms with Gasteiger partial charge in [-0.2, -0.15) is 0 Å². The van der Waals surface area contributed by atoms with Crippen LogP contribution in [0.3, 0.4) is 0 Å². The van der Waals surface area contributed by atoms with Crippen molar-refractivity contribution in [2.45, 2.75) is 11.3 Å². The van der Waals surface area contributed by atoms with E-state index in [9.17, 15) is 9.59 Å². The van der Waals surface area contributed by atoms with E-state index in [1.165, 1.54) is 23.1 Å². The molecule has 0 saturated carbocycles. The van der Waals surface area contributed by atoms with Gasteiger partial charge in [0.15, 0.2) is 5.13 Å². The number of rotatable bonds is 5. The number of hydrogen-bond acceptors (Lipinski definition) is 5. The minimum Gasteiger partial charge on any atom is -0.481 e. The summed E-state index contributed by atoms with van der Waals surface area (Å²) in [6.07, 6.45) is 1.76. The van der Waals surface area contributed by atoms with E-state index < -0.39 is 5.97 Å². The van der Waals surface area contributed by atoms with E-state index in [-0.39, 0.29) is 12.3 Å². The fraction of sp³-hybridized carbons (Fsp3) is 0.154. The summed E-state index contributed by atoms with van der Waals surface area (Å²) in [5.74, 6) is -1.19. The molecule has 2 rings (SSSR count). The van der Waals surface area contributed by atoms with Crippen LogP contribution >= 0.6 is 23.1 Å². The van der Waals surface area contributed by atoms with E-state index in [4.69, 9.17) is 5.11 Å². The zero-order chi connectivity index (χ0) is 14.5. The van der Waals surface area contributed by atoms with Gasteiger partial charge < -0.3 is 5.11 Å². The molecule has 0 saturated heterocycles. The first-order valence-electron chi connectivity index (χ1n) is 5.70. The van der Waals surface area contributed by atoms with E-state index in [0.29, 0.717) is 16.4 Å². The molecular formula is C13H12N2O3S2. The number of aromatic nitrogens is 1. The molecule has 0 radical (unpaired) electrons. The van der Waals surface area contributed by atoms with Crippen molar-refractivity contribution in [2.24, 2.45) is 0 Å². The molecule has 1 aromatic heterocycles. The van der Waals surface area contributed by atoms with Crippen molar-refractivity contribution in [3.8, 4) is 0 Å². The molecule has 0 spiro atoms. The molecule has 1 heterocycles. The molecule has 5 nitrogen and oxygen atoms in total. The van der Waals surface area contributed by atoms with Gasteiger partial charge in [0.2, 0.25) is 0 Å². The van der Waals surface area contributed by atoms with E-state index in [1.54, 1.807) is 17.5 Å². The number of benzene rings is 1. The molecule has 0 aliphatic carbocycles. The number of thioether (sulfide) groups is 1. The first kappa shape index (κ1) is 14.5. The summed E-state index contributed by atoms with van der Waals surface area (Å²) >= 11 is 2.71. The zero-order valence-electron chi connectivity index (χ0n) is 10.6. The highest BCUT2D eigenvalue weighted by Crippen LogP contribution is 2.22. The highest BCUT2D eigenvalue weighted by molar-refractivity contribution is 7.98. The van der Waals surface area contributed by atoms with Crippen LogP contribution in [0.25, 0.3) is 0 Å². The van der Waals surface area contributed by atoms with Crippen LogP contribution in [0, 0.1) is 0 Å². The SMILES string of the molecule is CSc1ccccc1C(=O)Nc1nc(CC(=O)O)cs1. The number of anilines is 1. The summed E-state index contributed by atoms with van der Waals surface area (Å²) < 4.78 is 0. The van der Waals surface area contributed by atoms with E-state index in [1.807, 2.05) is 18.4 Å². The van der Waals surface area contributed by atoms with Crippen molar-refractivity contribution in [3.05, 3.63) is 40.9 Å². The second-order valence-corrected chi connectivity index (χ2v) is 5.58. The summed E-state index contributed by atoms with van der Waals surface area (Å²) in [5.41, 5.74) is 1.02. The third-order valence-electron chi connectivity index (χ3n) is 2.46. The number of thiazole rings is 1. The Balaban J connectivity index is 2.11. The molecule has 2 N–H and O–H groups in total. The Morgan fingerprint density at radius 2 is 2.15 bits per heavy atom. The van der Waals surface area contributed by atoms with Gasteiger partial charge in [0.1, 0.15) is 0 Å². The second-order valence-electron chi connectivity index (χ2n) is 3.87. The van der Waals surface area contributed by atoms with Crippen molar-refractivity contribution < 1.29 is 14.7 Å². The third kappa shape index (κ3) is 3.58. The first-order valence-corrected chi connectivity index (χ1v) is 7.81. The number of amides is 1. The number of carbonyl (C=O) groups excluding carboxylic acids is 1. The van der Waals surface area contributed by atoms with Crippen LogP contribution in [0.5, 0.6) is 0 Å². The lowest BCUT2D eigenvalue weighted by molar-refractivity contribution is -0.136. The van der Waals surface area contributed by atoms with E-state index in [2.05, 4.69) is 10.3 Å². The molecule has 0 aliphatic heterocycles. The standard InChI is InChI=1S/C13H12N2O3S2/c1-19-10-5-3-2-4-9(10)12(18)15-13-14-8(7-20-13)6-11(16)17/h2-5,7H,6H2,1H3,(H,16,17)(H,14,15,18). The van der Waals surface area contributed by atoms with Gasteiger partial charge in [-0.1, -0.05) is 12.1 Å². The fourth-order valence-electron chi connectivity index (χ4n) is 1.60. The van der Waals surface area contributed by atoms with Gasteiger partial charge in [0.05, 0.1) is 17.7 Å². The van der Waals surface area contributed by atoms with E-state index in [0.717, 1.165) is 4.90 Å². The van der Waals surface area contributed by atoms with Crippen LogP contribution in [-0.4, -0.2) is 28.2 Å². The number of hydrogen-bond donors (Lipinski definition) is 2. The van der Waals surface area contributed by atoms with Gasteiger partial charge in [0, 0.05) is 10.3 Å². The summed E-state index contributed by atoms with van der Waals surface area (Å²) in [5, 5.41) is 13.4. The molecule has 104 valence electrons. The smallest absolute Gasteiger partial charge is 0.309 e. The minimum atomic E-state index is -0.944. The monoisotopic (exact) mass is 308 g/mol. The van der Waals surface area contributed by atoms with Crippen molar-refractivity contribution in [3.63, 3.8) is 0 Å². The van der Waals surface area contributed by atoms with Crippen LogP contribution in [-0.2, 0) is 11.2 Å². The van der Waals surface area contributed by atoms with Crippen LogP contribution in [0.15, 0.2) is 34.5 Å². The number of nitrogens with one attached hydrogen (secondary N) is 1. The Labute approximate surface area is 124 Å². The highest BCUT2D eigenvalue weighted by Gasteiger charge is 2.13. The first-order chi connectivity index (χ1) is 9.60. The number of carboxylic acid groups (broad SMARTS) is 1. The van der Waals surface area contributed by atoms with Crippen molar-refractivity contribution in [2.75, 3.05) is 11.6 Å². The number of carbonyl (C=O) groups is 2. The Kier molecular flexibility index (Phi) is 4.75. The van der Waals surface area contributed by atoms with Crippen LogP contribution < -0.4 is 5.32 Å². The largest absolute Gasteiger partial charge is 0.481 e. The molecule has 0 unspecified atom stereocenters. The highest BCUT2D eigenvalue weighted by atomic mass is 32.2. The predicted molar refractivity (Wildman–Crippen MR) is 79.6 cm³/mol. The molecule has 0 bridgehead atoms. The van der Waals surface area contributed by atoms with Crippen LogP contribution in [0.2, 0.25) is 0 Å². The third-order valence-corrected chi connectivity index (χ3v) is 4.06. The van der Waals surface area contributed by atoms with E-state index >= 15 is 0 Å². The molecule has 1 aromatic carbocycles. The Morgan fingerprint density at radius 3 is 2.85 bits per heavy atom. The van der Waals surface area contributed by atoms with Crippen molar-refractivity contribution in [1.82, 2.24) is 4.98 Å². The number of carboxylic acids is 1. The molecular weight excluding hydrogens is 296 g/mol. The normalized spacial score (nSPS) is 10.2. The lowest BCUT2D eigenvalue weighted by atomic mass is 10.2. The molecule has 20 heavy (non-hydrogen) atoms. The average molecular weight is 308 g/mol. The lowest BCUT2D eigenvalue weighted by Crippen LogP contribution is -2.13. The Hall–Kier alpha value is -1.86. The maximum atomic E-state index is 12.2. The molecule has 2 aromatic rings. The summed E-state index contributed by atoms with van der Waals surface area (Å²) in [7, 11) is 0. The van der Waals surface area contributed by atoms with Crippen molar-refractivity contribution in [1.29, 1.82) is 0 Å². The molecule has 0 atom stereocenters. The van der Waals surface area contributed by atoms with Gasteiger partial charge in [-0.25, -0.2) is 4.98 Å². The molecule has 1 amide bonds. The quantitative estimate of drug-likeness (QED) is 0.830. The Bertz CT molecular complexity index is 640. The van der Waals surface area contributed by atoms with Gasteiger partial charge in [-0.3, -0.25) is 14.9 Å². The minimum absolute atomic E-state index is 0.145.